The smallest absolute Gasteiger partial charge is 0.254 e. The molecule has 1 amide bonds. The monoisotopic (exact) mass is 340 g/mol. The summed E-state index contributed by atoms with van der Waals surface area (Å²) in [6.07, 6.45) is 6.23. The van der Waals surface area contributed by atoms with Crippen LogP contribution in [0, 0.1) is 0 Å². The SMILES string of the molecule is CCN1CCC[C@@H]1[C@H]1CCCN1C(=O)c1ccc(-n2cnnn2)cc1. The van der Waals surface area contributed by atoms with Crippen molar-refractivity contribution in [3.63, 3.8) is 0 Å². The van der Waals surface area contributed by atoms with E-state index in [9.17, 15) is 4.79 Å². The third-order valence-electron chi connectivity index (χ3n) is 5.55. The number of carbonyl (C=O) groups excluding carboxylic acids is 1. The van der Waals surface area contributed by atoms with Crippen molar-refractivity contribution in [3.05, 3.63) is 36.2 Å². The molecule has 7 heteroatoms. The average Bonchev–Trinajstić information content (AvgIpc) is 3.41. The Hall–Kier alpha value is -2.28. The maximum absolute atomic E-state index is 13.1. The van der Waals surface area contributed by atoms with Crippen molar-refractivity contribution < 1.29 is 4.79 Å². The van der Waals surface area contributed by atoms with E-state index in [1.54, 1.807) is 11.0 Å². The molecule has 2 fully saturated rings. The average molecular weight is 340 g/mol. The van der Waals surface area contributed by atoms with Crippen LogP contribution in [0.25, 0.3) is 5.69 Å². The summed E-state index contributed by atoms with van der Waals surface area (Å²) in [7, 11) is 0. The minimum absolute atomic E-state index is 0.147. The van der Waals surface area contributed by atoms with Gasteiger partial charge in [0.2, 0.25) is 0 Å². The Morgan fingerprint density at radius 1 is 1.12 bits per heavy atom. The van der Waals surface area contributed by atoms with Crippen molar-refractivity contribution in [2.24, 2.45) is 0 Å². The van der Waals surface area contributed by atoms with Crippen molar-refractivity contribution in [3.8, 4) is 5.69 Å². The summed E-state index contributed by atoms with van der Waals surface area (Å²) in [5, 5.41) is 11.2. The molecular weight excluding hydrogens is 316 g/mol. The minimum Gasteiger partial charge on any atom is -0.334 e. The molecule has 2 aliphatic rings. The number of carbonyl (C=O) groups is 1. The first-order valence-electron chi connectivity index (χ1n) is 9.16. The number of likely N-dealkylation sites (N-methyl/N-ethyl adjacent to an activating group) is 1. The lowest BCUT2D eigenvalue weighted by molar-refractivity contribution is 0.0650. The van der Waals surface area contributed by atoms with Gasteiger partial charge in [0.15, 0.2) is 0 Å². The van der Waals surface area contributed by atoms with E-state index >= 15 is 0 Å². The van der Waals surface area contributed by atoms with Gasteiger partial charge in [-0.25, -0.2) is 4.68 Å². The van der Waals surface area contributed by atoms with Gasteiger partial charge in [0.25, 0.3) is 5.91 Å². The highest BCUT2D eigenvalue weighted by Gasteiger charge is 2.39. The summed E-state index contributed by atoms with van der Waals surface area (Å²) >= 11 is 0. The van der Waals surface area contributed by atoms with E-state index in [4.69, 9.17) is 0 Å². The first kappa shape index (κ1) is 16.2. The van der Waals surface area contributed by atoms with E-state index in [1.807, 2.05) is 24.3 Å². The summed E-state index contributed by atoms with van der Waals surface area (Å²) < 4.78 is 1.59. The van der Waals surface area contributed by atoms with Crippen molar-refractivity contribution in [2.45, 2.75) is 44.7 Å². The molecule has 0 saturated carbocycles. The van der Waals surface area contributed by atoms with Gasteiger partial charge in [-0.3, -0.25) is 9.69 Å². The Labute approximate surface area is 147 Å². The van der Waals surface area contributed by atoms with Gasteiger partial charge in [-0.15, -0.1) is 5.10 Å². The molecule has 0 bridgehead atoms. The van der Waals surface area contributed by atoms with E-state index in [0.29, 0.717) is 12.1 Å². The zero-order chi connectivity index (χ0) is 17.2. The largest absolute Gasteiger partial charge is 0.334 e. The maximum Gasteiger partial charge on any atom is 0.254 e. The quantitative estimate of drug-likeness (QED) is 0.848. The molecule has 25 heavy (non-hydrogen) atoms. The second kappa shape index (κ2) is 6.92. The van der Waals surface area contributed by atoms with Gasteiger partial charge < -0.3 is 4.90 Å². The van der Waals surface area contributed by atoms with Crippen LogP contribution in [0.1, 0.15) is 43.0 Å². The van der Waals surface area contributed by atoms with Crippen LogP contribution in [0.5, 0.6) is 0 Å². The normalized spacial score (nSPS) is 24.1. The molecule has 3 heterocycles. The first-order valence-corrected chi connectivity index (χ1v) is 9.16. The molecule has 7 nitrogen and oxygen atoms in total. The lowest BCUT2D eigenvalue weighted by Gasteiger charge is -2.34. The van der Waals surface area contributed by atoms with E-state index in [0.717, 1.165) is 37.2 Å². The first-order chi connectivity index (χ1) is 12.3. The molecule has 2 aromatic rings. The van der Waals surface area contributed by atoms with Crippen LogP contribution in [0.15, 0.2) is 30.6 Å². The number of benzene rings is 1. The van der Waals surface area contributed by atoms with Crippen molar-refractivity contribution in [1.29, 1.82) is 0 Å². The molecule has 1 aromatic carbocycles. The highest BCUT2D eigenvalue weighted by atomic mass is 16.2. The molecule has 4 rings (SSSR count). The standard InChI is InChI=1S/C18H24N6O/c1-2-22-11-3-5-16(22)17-6-4-12-23(17)18(25)14-7-9-15(10-8-14)24-13-19-20-21-24/h7-10,13,16-17H,2-6,11-12H2,1H3/t16-,17-/m1/s1. The van der Waals surface area contributed by atoms with Crippen LogP contribution in [-0.2, 0) is 0 Å². The van der Waals surface area contributed by atoms with Crippen LogP contribution in [-0.4, -0.2) is 67.6 Å². The number of hydrogen-bond donors (Lipinski definition) is 0. The van der Waals surface area contributed by atoms with E-state index in [1.165, 1.54) is 19.4 Å². The summed E-state index contributed by atoms with van der Waals surface area (Å²) in [6.45, 7) is 5.33. The van der Waals surface area contributed by atoms with Crippen molar-refractivity contribution >= 4 is 5.91 Å². The molecule has 2 aliphatic heterocycles. The van der Waals surface area contributed by atoms with Gasteiger partial charge in [-0.1, -0.05) is 6.92 Å². The van der Waals surface area contributed by atoms with Crippen LogP contribution in [0.2, 0.25) is 0 Å². The summed E-state index contributed by atoms with van der Waals surface area (Å²) in [6, 6.07) is 8.42. The second-order valence-electron chi connectivity index (χ2n) is 6.85. The summed E-state index contributed by atoms with van der Waals surface area (Å²) in [5.41, 5.74) is 1.59. The van der Waals surface area contributed by atoms with Gasteiger partial charge in [-0.05, 0) is 73.5 Å². The zero-order valence-corrected chi connectivity index (χ0v) is 14.6. The number of likely N-dealkylation sites (tertiary alicyclic amines) is 2. The summed E-state index contributed by atoms with van der Waals surface area (Å²) in [4.78, 5) is 17.7. The number of amides is 1. The Balaban J connectivity index is 1.51. The van der Waals surface area contributed by atoms with Gasteiger partial charge in [0, 0.05) is 24.2 Å². The Bertz CT molecular complexity index is 714. The van der Waals surface area contributed by atoms with E-state index < -0.39 is 0 Å². The topological polar surface area (TPSA) is 67.2 Å². The third-order valence-corrected chi connectivity index (χ3v) is 5.55. The number of nitrogens with zero attached hydrogens (tertiary/aromatic N) is 6. The zero-order valence-electron chi connectivity index (χ0n) is 14.6. The summed E-state index contributed by atoms with van der Waals surface area (Å²) in [5.74, 6) is 0.147. The van der Waals surface area contributed by atoms with Crippen LogP contribution >= 0.6 is 0 Å². The third kappa shape index (κ3) is 3.04. The number of aromatic nitrogens is 4. The highest BCUT2D eigenvalue weighted by Crippen LogP contribution is 2.30. The van der Waals surface area contributed by atoms with Crippen molar-refractivity contribution in [1.82, 2.24) is 30.0 Å². The van der Waals surface area contributed by atoms with Crippen molar-refractivity contribution in [2.75, 3.05) is 19.6 Å². The Kier molecular flexibility index (Phi) is 4.48. The highest BCUT2D eigenvalue weighted by molar-refractivity contribution is 5.94. The molecule has 1 aromatic heterocycles. The molecule has 0 radical (unpaired) electrons. The Morgan fingerprint density at radius 3 is 2.60 bits per heavy atom. The molecule has 2 atom stereocenters. The lowest BCUT2D eigenvalue weighted by Crippen LogP contribution is -2.48. The molecule has 0 N–H and O–H groups in total. The predicted molar refractivity (Wildman–Crippen MR) is 93.5 cm³/mol. The fraction of sp³-hybridized carbons (Fsp3) is 0.556. The molecule has 2 saturated heterocycles. The lowest BCUT2D eigenvalue weighted by atomic mass is 10.0. The molecular formula is C18H24N6O. The van der Waals surface area contributed by atoms with Gasteiger partial charge in [0.05, 0.1) is 5.69 Å². The number of tetrazole rings is 1. The van der Waals surface area contributed by atoms with Crippen LogP contribution < -0.4 is 0 Å². The fourth-order valence-electron chi connectivity index (χ4n) is 4.33. The number of hydrogen-bond acceptors (Lipinski definition) is 5. The molecule has 0 spiro atoms. The molecule has 0 aliphatic carbocycles. The second-order valence-corrected chi connectivity index (χ2v) is 6.85. The van der Waals surface area contributed by atoms with Crippen LogP contribution in [0.4, 0.5) is 0 Å². The van der Waals surface area contributed by atoms with E-state index in [2.05, 4.69) is 32.2 Å². The van der Waals surface area contributed by atoms with Gasteiger partial charge in [0.1, 0.15) is 6.33 Å². The Morgan fingerprint density at radius 2 is 1.88 bits per heavy atom. The predicted octanol–water partition coefficient (Wildman–Crippen LogP) is 1.75. The number of rotatable bonds is 4. The van der Waals surface area contributed by atoms with E-state index in [-0.39, 0.29) is 5.91 Å². The van der Waals surface area contributed by atoms with Crippen LogP contribution in [0.3, 0.4) is 0 Å². The minimum atomic E-state index is 0.147. The molecule has 0 unspecified atom stereocenters. The fourth-order valence-corrected chi connectivity index (χ4v) is 4.33. The van der Waals surface area contributed by atoms with Gasteiger partial charge >= 0.3 is 0 Å². The van der Waals surface area contributed by atoms with Gasteiger partial charge in [-0.2, -0.15) is 0 Å². The maximum atomic E-state index is 13.1. The molecule has 132 valence electrons.